The summed E-state index contributed by atoms with van der Waals surface area (Å²) >= 11 is 1.43. The van der Waals surface area contributed by atoms with E-state index in [-0.39, 0.29) is 11.9 Å². The van der Waals surface area contributed by atoms with Gasteiger partial charge in [0, 0.05) is 22.4 Å². The maximum absolute atomic E-state index is 12.2. The fraction of sp³-hybridized carbons (Fsp3) is 0.286. The average Bonchev–Trinajstić information content (AvgIpc) is 2.66. The Hall–Kier alpha value is -2.40. The summed E-state index contributed by atoms with van der Waals surface area (Å²) < 4.78 is 0. The molecule has 0 radical (unpaired) electrons. The smallest absolute Gasteiger partial charge is 0.230 e. The van der Waals surface area contributed by atoms with Gasteiger partial charge in [0.15, 0.2) is 0 Å². The first kappa shape index (κ1) is 18.4. The fourth-order valence-corrected chi connectivity index (χ4v) is 3.37. The maximum Gasteiger partial charge on any atom is 0.230 e. The Morgan fingerprint density at radius 2 is 1.62 bits per heavy atom. The highest BCUT2D eigenvalue weighted by molar-refractivity contribution is 8.00. The van der Waals surface area contributed by atoms with Gasteiger partial charge in [-0.1, -0.05) is 80.2 Å². The van der Waals surface area contributed by atoms with Gasteiger partial charge in [0.2, 0.25) is 5.91 Å². The van der Waals surface area contributed by atoms with Gasteiger partial charge in [-0.15, -0.1) is 10.2 Å². The van der Waals surface area contributed by atoms with E-state index in [0.29, 0.717) is 11.7 Å². The molecule has 134 valence electrons. The van der Waals surface area contributed by atoms with E-state index in [4.69, 9.17) is 0 Å². The van der Waals surface area contributed by atoms with Crippen LogP contribution in [0.25, 0.3) is 22.0 Å². The number of carbonyl (C=O) groups is 1. The van der Waals surface area contributed by atoms with Crippen LogP contribution in [-0.4, -0.2) is 27.9 Å². The van der Waals surface area contributed by atoms with E-state index in [1.165, 1.54) is 11.8 Å². The summed E-state index contributed by atoms with van der Waals surface area (Å²) in [5.41, 5.74) is 1.90. The lowest BCUT2D eigenvalue weighted by atomic mass is 10.1. The molecule has 1 aromatic heterocycles. The van der Waals surface area contributed by atoms with Gasteiger partial charge in [0.05, 0.1) is 5.75 Å². The SMILES string of the molecule is CC(C)[C@@H](C)NC(=O)CSc1nnc(-c2ccccc2)c2ccccc12. The Morgan fingerprint density at radius 3 is 2.31 bits per heavy atom. The minimum absolute atomic E-state index is 0.0224. The third-order valence-electron chi connectivity index (χ3n) is 4.43. The predicted octanol–water partition coefficient (Wildman–Crippen LogP) is 4.55. The molecule has 3 aromatic rings. The molecule has 0 saturated carbocycles. The lowest BCUT2D eigenvalue weighted by molar-refractivity contribution is -0.119. The number of hydrogen-bond acceptors (Lipinski definition) is 4. The third kappa shape index (κ3) is 4.22. The summed E-state index contributed by atoms with van der Waals surface area (Å²) in [5, 5.41) is 14.7. The molecule has 1 amide bonds. The molecule has 3 rings (SSSR count). The topological polar surface area (TPSA) is 54.9 Å². The summed E-state index contributed by atoms with van der Waals surface area (Å²) in [5.74, 6) is 0.768. The van der Waals surface area contributed by atoms with E-state index in [2.05, 4.69) is 35.4 Å². The van der Waals surface area contributed by atoms with Crippen LogP contribution >= 0.6 is 11.8 Å². The van der Waals surface area contributed by atoms with Crippen LogP contribution in [-0.2, 0) is 4.79 Å². The summed E-state index contributed by atoms with van der Waals surface area (Å²) in [4.78, 5) is 12.2. The number of nitrogens with zero attached hydrogens (tertiary/aromatic N) is 2. The van der Waals surface area contributed by atoms with Crippen molar-refractivity contribution in [2.75, 3.05) is 5.75 Å². The Bertz CT molecular complexity index is 896. The minimum atomic E-state index is 0.0224. The van der Waals surface area contributed by atoms with E-state index in [1.54, 1.807) is 0 Å². The molecule has 0 aliphatic carbocycles. The van der Waals surface area contributed by atoms with Crippen LogP contribution in [0.5, 0.6) is 0 Å². The van der Waals surface area contributed by atoms with Gasteiger partial charge >= 0.3 is 0 Å². The first-order chi connectivity index (χ1) is 12.6. The molecule has 26 heavy (non-hydrogen) atoms. The van der Waals surface area contributed by atoms with Crippen molar-refractivity contribution in [2.45, 2.75) is 31.8 Å². The Labute approximate surface area is 158 Å². The summed E-state index contributed by atoms with van der Waals surface area (Å²) in [7, 11) is 0. The first-order valence-electron chi connectivity index (χ1n) is 8.79. The molecule has 0 aliphatic rings. The molecule has 5 heteroatoms. The Balaban J connectivity index is 1.84. The highest BCUT2D eigenvalue weighted by atomic mass is 32.2. The maximum atomic E-state index is 12.2. The van der Waals surface area contributed by atoms with Gasteiger partial charge in [-0.25, -0.2) is 0 Å². The molecule has 4 nitrogen and oxygen atoms in total. The van der Waals surface area contributed by atoms with Gasteiger partial charge in [0.25, 0.3) is 0 Å². The van der Waals surface area contributed by atoms with Crippen LogP contribution in [0.1, 0.15) is 20.8 Å². The largest absolute Gasteiger partial charge is 0.353 e. The molecule has 0 bridgehead atoms. The second-order valence-corrected chi connectivity index (χ2v) is 7.62. The number of aromatic nitrogens is 2. The van der Waals surface area contributed by atoms with Gasteiger partial charge in [-0.2, -0.15) is 0 Å². The standard InChI is InChI=1S/C21H23N3OS/c1-14(2)15(3)22-19(25)13-26-21-18-12-8-7-11-17(18)20(23-24-21)16-9-5-4-6-10-16/h4-12,14-15H,13H2,1-3H3,(H,22,25)/t15-/m1/s1. The third-order valence-corrected chi connectivity index (χ3v) is 5.41. The van der Waals surface area contributed by atoms with E-state index in [0.717, 1.165) is 27.1 Å². The summed E-state index contributed by atoms with van der Waals surface area (Å²) in [6, 6.07) is 18.3. The molecule has 1 N–H and O–H groups in total. The van der Waals surface area contributed by atoms with Crippen LogP contribution in [0.2, 0.25) is 0 Å². The van der Waals surface area contributed by atoms with Crippen molar-refractivity contribution in [1.29, 1.82) is 0 Å². The van der Waals surface area contributed by atoms with Gasteiger partial charge in [0.1, 0.15) is 10.7 Å². The van der Waals surface area contributed by atoms with Crippen molar-refractivity contribution < 1.29 is 4.79 Å². The van der Waals surface area contributed by atoms with Crippen molar-refractivity contribution in [3.8, 4) is 11.3 Å². The van der Waals surface area contributed by atoms with Crippen LogP contribution in [0.15, 0.2) is 59.6 Å². The number of hydrogen-bond donors (Lipinski definition) is 1. The molecule has 2 aromatic carbocycles. The van der Waals surface area contributed by atoms with Crippen molar-refractivity contribution >= 4 is 28.4 Å². The number of nitrogens with one attached hydrogen (secondary N) is 1. The Morgan fingerprint density at radius 1 is 0.962 bits per heavy atom. The van der Waals surface area contributed by atoms with Gasteiger partial charge in [-0.3, -0.25) is 4.79 Å². The molecular weight excluding hydrogens is 342 g/mol. The van der Waals surface area contributed by atoms with Crippen LogP contribution in [0, 0.1) is 5.92 Å². The number of carbonyl (C=O) groups excluding carboxylic acids is 1. The zero-order valence-electron chi connectivity index (χ0n) is 15.3. The average molecular weight is 366 g/mol. The van der Waals surface area contributed by atoms with E-state index < -0.39 is 0 Å². The predicted molar refractivity (Wildman–Crippen MR) is 108 cm³/mol. The van der Waals surface area contributed by atoms with Crippen LogP contribution < -0.4 is 5.32 Å². The summed E-state index contributed by atoms with van der Waals surface area (Å²) in [6.07, 6.45) is 0. The summed E-state index contributed by atoms with van der Waals surface area (Å²) in [6.45, 7) is 6.22. The monoisotopic (exact) mass is 365 g/mol. The molecule has 0 saturated heterocycles. The Kier molecular flexibility index (Phi) is 5.89. The van der Waals surface area contributed by atoms with Gasteiger partial charge in [-0.05, 0) is 12.8 Å². The zero-order chi connectivity index (χ0) is 18.5. The second-order valence-electron chi connectivity index (χ2n) is 6.65. The molecule has 1 heterocycles. The minimum Gasteiger partial charge on any atom is -0.353 e. The normalized spacial score (nSPS) is 12.3. The molecule has 0 fully saturated rings. The quantitative estimate of drug-likeness (QED) is 0.651. The van der Waals surface area contributed by atoms with Crippen LogP contribution in [0.4, 0.5) is 0 Å². The molecular formula is C21H23N3OS. The number of thioether (sulfide) groups is 1. The molecule has 1 atom stereocenters. The van der Waals surface area contributed by atoms with Crippen molar-refractivity contribution in [1.82, 2.24) is 15.5 Å². The van der Waals surface area contributed by atoms with E-state index in [9.17, 15) is 4.79 Å². The second kappa shape index (κ2) is 8.32. The highest BCUT2D eigenvalue weighted by Gasteiger charge is 2.14. The number of benzene rings is 2. The first-order valence-corrected chi connectivity index (χ1v) is 9.78. The van der Waals surface area contributed by atoms with Crippen molar-refractivity contribution in [3.05, 3.63) is 54.6 Å². The zero-order valence-corrected chi connectivity index (χ0v) is 16.1. The van der Waals surface area contributed by atoms with Gasteiger partial charge < -0.3 is 5.32 Å². The number of rotatable bonds is 6. The fourth-order valence-electron chi connectivity index (χ4n) is 2.59. The number of fused-ring (bicyclic) bond motifs is 1. The molecule has 0 unspecified atom stereocenters. The van der Waals surface area contributed by atoms with Crippen molar-refractivity contribution in [2.24, 2.45) is 5.92 Å². The number of amides is 1. The molecule has 0 spiro atoms. The van der Waals surface area contributed by atoms with E-state index >= 15 is 0 Å². The highest BCUT2D eigenvalue weighted by Crippen LogP contribution is 2.31. The van der Waals surface area contributed by atoms with Crippen molar-refractivity contribution in [3.63, 3.8) is 0 Å². The van der Waals surface area contributed by atoms with Crippen LogP contribution in [0.3, 0.4) is 0 Å². The molecule has 0 aliphatic heterocycles. The lowest BCUT2D eigenvalue weighted by Crippen LogP contribution is -2.37. The van der Waals surface area contributed by atoms with E-state index in [1.807, 2.05) is 55.5 Å². The lowest BCUT2D eigenvalue weighted by Gasteiger charge is -2.17.